The first-order valence-corrected chi connectivity index (χ1v) is 9.98. The molecule has 3 aromatic heterocycles. The van der Waals surface area contributed by atoms with Crippen molar-refractivity contribution >= 4 is 23.3 Å². The minimum atomic E-state index is -0.326. The highest BCUT2D eigenvalue weighted by Crippen LogP contribution is 2.13. The Morgan fingerprint density at radius 3 is 2.43 bits per heavy atom. The Hall–Kier alpha value is -3.68. The quantitative estimate of drug-likeness (QED) is 0.494. The number of aryl methyl sites for hydroxylation is 2. The summed E-state index contributed by atoms with van der Waals surface area (Å²) in [5, 5.41) is 4.40. The van der Waals surface area contributed by atoms with Gasteiger partial charge >= 0.3 is 5.69 Å². The van der Waals surface area contributed by atoms with Gasteiger partial charge in [-0.1, -0.05) is 30.3 Å². The van der Waals surface area contributed by atoms with E-state index in [9.17, 15) is 9.59 Å². The fraction of sp³-hybridized carbons (Fsp3) is 0.273. The number of hydrogen-bond acceptors (Lipinski definition) is 4. The highest BCUT2D eigenvalue weighted by molar-refractivity contribution is 5.76. The molecule has 0 fully saturated rings. The lowest BCUT2D eigenvalue weighted by atomic mass is 10.2. The number of imidazole rings is 1. The smallest absolute Gasteiger partial charge is 0.322 e. The van der Waals surface area contributed by atoms with Crippen LogP contribution >= 0.6 is 0 Å². The molecule has 0 aliphatic heterocycles. The van der Waals surface area contributed by atoms with Gasteiger partial charge in [-0.2, -0.15) is 5.10 Å². The van der Waals surface area contributed by atoms with E-state index in [-0.39, 0.29) is 11.2 Å². The summed E-state index contributed by atoms with van der Waals surface area (Å²) in [5.74, 6) is 0.605. The van der Waals surface area contributed by atoms with Crippen molar-refractivity contribution in [1.82, 2.24) is 28.5 Å². The zero-order valence-corrected chi connectivity index (χ0v) is 17.3. The summed E-state index contributed by atoms with van der Waals surface area (Å²) >= 11 is 0. The molecule has 154 valence electrons. The minimum absolute atomic E-state index is 0.312. The van der Waals surface area contributed by atoms with Crippen LogP contribution in [-0.2, 0) is 26.7 Å². The van der Waals surface area contributed by atoms with E-state index in [1.165, 1.54) is 14.7 Å². The van der Waals surface area contributed by atoms with E-state index in [4.69, 9.17) is 0 Å². The molecule has 0 amide bonds. The van der Waals surface area contributed by atoms with Gasteiger partial charge in [-0.05, 0) is 31.6 Å². The predicted octanol–water partition coefficient (Wildman–Crippen LogP) is 2.35. The van der Waals surface area contributed by atoms with Crippen LogP contribution in [-0.4, -0.2) is 28.5 Å². The fourth-order valence-corrected chi connectivity index (χ4v) is 3.59. The van der Waals surface area contributed by atoms with E-state index in [1.54, 1.807) is 24.7 Å². The van der Waals surface area contributed by atoms with Crippen LogP contribution in [0.3, 0.4) is 0 Å². The van der Waals surface area contributed by atoms with Gasteiger partial charge in [0.2, 0.25) is 0 Å². The summed E-state index contributed by atoms with van der Waals surface area (Å²) in [5.41, 5.74) is 2.31. The number of benzene rings is 1. The van der Waals surface area contributed by atoms with Gasteiger partial charge in [0, 0.05) is 31.9 Å². The molecule has 0 atom stereocenters. The van der Waals surface area contributed by atoms with Crippen LogP contribution in [0.4, 0.5) is 0 Å². The summed E-state index contributed by atoms with van der Waals surface area (Å²) < 4.78 is 6.39. The zero-order chi connectivity index (χ0) is 21.3. The maximum atomic E-state index is 12.8. The highest BCUT2D eigenvalue weighted by Gasteiger charge is 2.17. The van der Waals surface area contributed by atoms with Gasteiger partial charge in [-0.15, -0.1) is 0 Å². The Kier molecular flexibility index (Phi) is 5.22. The molecule has 30 heavy (non-hydrogen) atoms. The number of rotatable bonds is 6. The van der Waals surface area contributed by atoms with Crippen molar-refractivity contribution in [2.24, 2.45) is 7.05 Å². The second-order valence-corrected chi connectivity index (χ2v) is 7.07. The Bertz CT molecular complexity index is 1340. The number of nitrogens with zero attached hydrogens (tertiary/aromatic N) is 6. The van der Waals surface area contributed by atoms with E-state index in [2.05, 4.69) is 22.2 Å². The Balaban J connectivity index is 1.69. The van der Waals surface area contributed by atoms with Crippen LogP contribution in [0.15, 0.2) is 52.3 Å². The van der Waals surface area contributed by atoms with E-state index in [0.717, 1.165) is 5.56 Å². The van der Waals surface area contributed by atoms with Crippen LogP contribution < -0.4 is 11.2 Å². The first-order valence-electron chi connectivity index (χ1n) is 9.98. The molecule has 8 nitrogen and oxygen atoms in total. The molecule has 0 aliphatic rings. The number of aromatic nitrogens is 6. The Morgan fingerprint density at radius 2 is 1.73 bits per heavy atom. The molecular formula is C22H24N6O2. The van der Waals surface area contributed by atoms with Crippen molar-refractivity contribution in [3.63, 3.8) is 0 Å². The van der Waals surface area contributed by atoms with Crippen molar-refractivity contribution in [2.45, 2.75) is 33.5 Å². The second kappa shape index (κ2) is 7.98. The normalized spacial score (nSPS) is 11.7. The molecule has 0 radical (unpaired) electrons. The van der Waals surface area contributed by atoms with Gasteiger partial charge in [-0.25, -0.2) is 9.78 Å². The molecule has 0 bridgehead atoms. The van der Waals surface area contributed by atoms with E-state index in [0.29, 0.717) is 36.6 Å². The van der Waals surface area contributed by atoms with Gasteiger partial charge in [0.1, 0.15) is 5.82 Å². The van der Waals surface area contributed by atoms with E-state index in [1.807, 2.05) is 48.2 Å². The van der Waals surface area contributed by atoms with Gasteiger partial charge in [0.05, 0.1) is 12.7 Å². The molecular weight excluding hydrogens is 380 g/mol. The predicted molar refractivity (Wildman–Crippen MR) is 117 cm³/mol. The van der Waals surface area contributed by atoms with Gasteiger partial charge < -0.3 is 4.57 Å². The number of fused-ring (bicyclic) bond motifs is 1. The van der Waals surface area contributed by atoms with Crippen LogP contribution in [0.25, 0.3) is 23.3 Å². The van der Waals surface area contributed by atoms with Crippen molar-refractivity contribution in [1.29, 1.82) is 0 Å². The largest absolute Gasteiger partial charge is 0.332 e. The molecule has 3 heterocycles. The first-order chi connectivity index (χ1) is 14.5. The molecule has 0 spiro atoms. The molecule has 1 aromatic carbocycles. The molecule has 0 saturated heterocycles. The van der Waals surface area contributed by atoms with Crippen LogP contribution in [0, 0.1) is 0 Å². The summed E-state index contributed by atoms with van der Waals surface area (Å²) in [4.78, 5) is 29.9. The van der Waals surface area contributed by atoms with Gasteiger partial charge in [-0.3, -0.25) is 18.6 Å². The average Bonchev–Trinajstić information content (AvgIpc) is 3.32. The lowest BCUT2D eigenvalue weighted by molar-refractivity contribution is 0.604. The summed E-state index contributed by atoms with van der Waals surface area (Å²) in [6.07, 6.45) is 7.48. The van der Waals surface area contributed by atoms with Crippen molar-refractivity contribution < 1.29 is 0 Å². The highest BCUT2D eigenvalue weighted by atomic mass is 16.2. The zero-order valence-electron chi connectivity index (χ0n) is 17.3. The Morgan fingerprint density at radius 1 is 1.00 bits per heavy atom. The number of hydrogen-bond donors (Lipinski definition) is 0. The van der Waals surface area contributed by atoms with Crippen molar-refractivity contribution in [2.75, 3.05) is 0 Å². The second-order valence-electron chi connectivity index (χ2n) is 7.07. The third-order valence-electron chi connectivity index (χ3n) is 5.17. The molecule has 0 N–H and O–H groups in total. The Labute approximate surface area is 173 Å². The average molecular weight is 404 g/mol. The molecule has 4 aromatic rings. The molecule has 0 aliphatic carbocycles. The summed E-state index contributed by atoms with van der Waals surface area (Å²) in [6, 6.07) is 10.1. The molecule has 4 rings (SSSR count). The lowest BCUT2D eigenvalue weighted by Gasteiger charge is -2.08. The van der Waals surface area contributed by atoms with Gasteiger partial charge in [0.15, 0.2) is 11.2 Å². The maximum Gasteiger partial charge on any atom is 0.332 e. The maximum absolute atomic E-state index is 12.8. The summed E-state index contributed by atoms with van der Waals surface area (Å²) in [6.45, 7) is 5.13. The SMILES string of the molecule is CCn1c(=O)c2c(nc(/C=C/c3cnn(Cc4ccccc4)c3)n2C)n(CC)c1=O. The van der Waals surface area contributed by atoms with Crippen LogP contribution in [0.2, 0.25) is 0 Å². The fourth-order valence-electron chi connectivity index (χ4n) is 3.59. The van der Waals surface area contributed by atoms with Crippen LogP contribution in [0.5, 0.6) is 0 Å². The minimum Gasteiger partial charge on any atom is -0.322 e. The lowest BCUT2D eigenvalue weighted by Crippen LogP contribution is -2.39. The monoisotopic (exact) mass is 404 g/mol. The first kappa shape index (κ1) is 19.6. The molecule has 0 unspecified atom stereocenters. The third kappa shape index (κ3) is 3.41. The van der Waals surface area contributed by atoms with E-state index >= 15 is 0 Å². The van der Waals surface area contributed by atoms with Gasteiger partial charge in [0.25, 0.3) is 5.56 Å². The topological polar surface area (TPSA) is 79.6 Å². The van der Waals surface area contributed by atoms with Crippen molar-refractivity contribution in [3.8, 4) is 0 Å². The van der Waals surface area contributed by atoms with Crippen molar-refractivity contribution in [3.05, 3.63) is 80.5 Å². The standard InChI is InChI=1S/C22H24N6O2/c1-4-27-20-19(21(29)28(5-2)22(27)30)25(3)18(24-20)12-11-17-13-23-26(15-17)14-16-9-7-6-8-10-16/h6-13,15H,4-5,14H2,1-3H3/b12-11+. The van der Waals surface area contributed by atoms with Crippen LogP contribution in [0.1, 0.15) is 30.8 Å². The van der Waals surface area contributed by atoms with E-state index < -0.39 is 0 Å². The molecule has 8 heteroatoms. The third-order valence-corrected chi connectivity index (χ3v) is 5.17. The summed E-state index contributed by atoms with van der Waals surface area (Å²) in [7, 11) is 1.79. The molecule has 0 saturated carbocycles.